The van der Waals surface area contributed by atoms with Crippen molar-refractivity contribution in [2.75, 3.05) is 6.54 Å². The molecule has 0 aliphatic heterocycles. The van der Waals surface area contributed by atoms with Gasteiger partial charge in [0.15, 0.2) is 0 Å². The van der Waals surface area contributed by atoms with Gasteiger partial charge in [-0.2, -0.15) is 0 Å². The van der Waals surface area contributed by atoms with Crippen molar-refractivity contribution < 1.29 is 4.92 Å². The first-order valence-electron chi connectivity index (χ1n) is 6.13. The number of aromatic nitrogens is 3. The van der Waals surface area contributed by atoms with Crippen molar-refractivity contribution in [2.45, 2.75) is 20.0 Å². The van der Waals surface area contributed by atoms with E-state index >= 15 is 0 Å². The topological polar surface area (TPSA) is 85.9 Å². The third-order valence-corrected chi connectivity index (χ3v) is 3.11. The Morgan fingerprint density at radius 1 is 1.50 bits per heavy atom. The zero-order chi connectivity index (χ0) is 14.5. The van der Waals surface area contributed by atoms with Gasteiger partial charge in [-0.3, -0.25) is 10.1 Å². The number of nitro groups is 1. The van der Waals surface area contributed by atoms with Crippen molar-refractivity contribution in [1.82, 2.24) is 20.3 Å². The van der Waals surface area contributed by atoms with Crippen LogP contribution < -0.4 is 5.32 Å². The maximum absolute atomic E-state index is 11.0. The van der Waals surface area contributed by atoms with Gasteiger partial charge in [-0.05, 0) is 12.6 Å². The lowest BCUT2D eigenvalue weighted by Gasteiger charge is -2.04. The maximum Gasteiger partial charge on any atom is 0.275 e. The van der Waals surface area contributed by atoms with Crippen molar-refractivity contribution in [3.63, 3.8) is 0 Å². The summed E-state index contributed by atoms with van der Waals surface area (Å²) in [6, 6.07) is 4.61. The fourth-order valence-electron chi connectivity index (χ4n) is 1.79. The molecule has 0 aliphatic carbocycles. The molecule has 1 aromatic carbocycles. The van der Waals surface area contributed by atoms with Gasteiger partial charge in [-0.15, -0.1) is 5.10 Å². The molecule has 0 unspecified atom stereocenters. The van der Waals surface area contributed by atoms with E-state index < -0.39 is 4.92 Å². The van der Waals surface area contributed by atoms with E-state index in [1.165, 1.54) is 6.07 Å². The molecule has 2 rings (SSSR count). The molecule has 0 atom stereocenters. The molecule has 0 saturated heterocycles. The molecule has 0 spiro atoms. The summed E-state index contributed by atoms with van der Waals surface area (Å²) in [5, 5.41) is 22.4. The Morgan fingerprint density at radius 3 is 3.00 bits per heavy atom. The molecular weight excluding hydrogens is 282 g/mol. The lowest BCUT2D eigenvalue weighted by atomic mass is 10.2. The van der Waals surface area contributed by atoms with E-state index in [4.69, 9.17) is 11.6 Å². The van der Waals surface area contributed by atoms with Crippen LogP contribution in [0.3, 0.4) is 0 Å². The van der Waals surface area contributed by atoms with E-state index in [0.29, 0.717) is 17.1 Å². The number of hydrogen-bond acceptors (Lipinski definition) is 5. The van der Waals surface area contributed by atoms with Crippen LogP contribution in [-0.2, 0) is 13.1 Å². The van der Waals surface area contributed by atoms with Crippen LogP contribution in [0.25, 0.3) is 0 Å². The largest absolute Gasteiger partial charge is 0.311 e. The average Bonchev–Trinajstić information content (AvgIpc) is 2.86. The molecule has 1 N–H and O–H groups in total. The normalized spacial score (nSPS) is 10.7. The quantitative estimate of drug-likeness (QED) is 0.650. The minimum Gasteiger partial charge on any atom is -0.311 e. The molecule has 0 saturated carbocycles. The van der Waals surface area contributed by atoms with Gasteiger partial charge in [0.25, 0.3) is 5.69 Å². The summed E-state index contributed by atoms with van der Waals surface area (Å²) in [5.41, 5.74) is 1.20. The van der Waals surface area contributed by atoms with Crippen LogP contribution in [0.1, 0.15) is 18.2 Å². The maximum atomic E-state index is 11.0. The van der Waals surface area contributed by atoms with Crippen LogP contribution >= 0.6 is 11.6 Å². The summed E-state index contributed by atoms with van der Waals surface area (Å²) in [6.07, 6.45) is 1.75. The molecule has 20 heavy (non-hydrogen) atoms. The molecule has 2 aromatic rings. The Labute approximate surface area is 120 Å². The summed E-state index contributed by atoms with van der Waals surface area (Å²) in [7, 11) is 0. The second-order valence-corrected chi connectivity index (χ2v) is 4.59. The van der Waals surface area contributed by atoms with Gasteiger partial charge in [0.2, 0.25) is 0 Å². The van der Waals surface area contributed by atoms with E-state index in [-0.39, 0.29) is 12.2 Å². The van der Waals surface area contributed by atoms with Crippen molar-refractivity contribution in [1.29, 1.82) is 0 Å². The van der Waals surface area contributed by atoms with E-state index in [1.807, 2.05) is 6.92 Å². The highest BCUT2D eigenvalue weighted by Crippen LogP contribution is 2.26. The van der Waals surface area contributed by atoms with Gasteiger partial charge in [-0.25, -0.2) is 4.68 Å². The van der Waals surface area contributed by atoms with Crippen molar-refractivity contribution in [3.8, 4) is 0 Å². The van der Waals surface area contributed by atoms with Crippen molar-refractivity contribution >= 4 is 17.3 Å². The Bertz CT molecular complexity index is 614. The van der Waals surface area contributed by atoms with Crippen LogP contribution in [0.15, 0.2) is 24.4 Å². The number of nitro benzene ring substituents is 1. The minimum absolute atomic E-state index is 0.0127. The van der Waals surface area contributed by atoms with Gasteiger partial charge in [-0.1, -0.05) is 29.8 Å². The number of hydrogen-bond donors (Lipinski definition) is 1. The van der Waals surface area contributed by atoms with Gasteiger partial charge in [0.05, 0.1) is 33.9 Å². The van der Waals surface area contributed by atoms with Crippen molar-refractivity contribution in [3.05, 3.63) is 50.8 Å². The summed E-state index contributed by atoms with van der Waals surface area (Å²) in [4.78, 5) is 10.6. The fraction of sp³-hybridized carbons (Fsp3) is 0.333. The number of rotatable bonds is 6. The Morgan fingerprint density at radius 2 is 2.30 bits per heavy atom. The van der Waals surface area contributed by atoms with Gasteiger partial charge < -0.3 is 5.32 Å². The molecule has 0 fully saturated rings. The van der Waals surface area contributed by atoms with Crippen LogP contribution in [0, 0.1) is 10.1 Å². The molecule has 106 valence electrons. The molecule has 7 nitrogen and oxygen atoms in total. The Hall–Kier alpha value is -1.99. The number of nitrogens with zero attached hydrogens (tertiary/aromatic N) is 4. The number of benzene rings is 1. The lowest BCUT2D eigenvalue weighted by Crippen LogP contribution is -2.11. The van der Waals surface area contributed by atoms with Gasteiger partial charge in [0, 0.05) is 12.6 Å². The van der Waals surface area contributed by atoms with E-state index in [9.17, 15) is 10.1 Å². The van der Waals surface area contributed by atoms with E-state index in [2.05, 4.69) is 15.6 Å². The van der Waals surface area contributed by atoms with Crippen LogP contribution in [0.4, 0.5) is 5.69 Å². The predicted molar refractivity (Wildman–Crippen MR) is 74.6 cm³/mol. The highest BCUT2D eigenvalue weighted by molar-refractivity contribution is 6.31. The first-order valence-corrected chi connectivity index (χ1v) is 6.51. The molecule has 0 bridgehead atoms. The SMILES string of the molecule is CCNCc1cn(Cc2c(Cl)cccc2[N+](=O)[O-])nn1. The second-order valence-electron chi connectivity index (χ2n) is 4.18. The summed E-state index contributed by atoms with van der Waals surface area (Å²) >= 11 is 6.04. The first-order chi connectivity index (χ1) is 9.61. The highest BCUT2D eigenvalue weighted by atomic mass is 35.5. The molecule has 0 radical (unpaired) electrons. The van der Waals surface area contributed by atoms with Crippen LogP contribution in [0.2, 0.25) is 5.02 Å². The predicted octanol–water partition coefficient (Wildman–Crippen LogP) is 2.00. The molecule has 1 heterocycles. The summed E-state index contributed by atoms with van der Waals surface area (Å²) < 4.78 is 1.54. The highest BCUT2D eigenvalue weighted by Gasteiger charge is 2.17. The average molecular weight is 296 g/mol. The second kappa shape index (κ2) is 6.44. The third-order valence-electron chi connectivity index (χ3n) is 2.75. The van der Waals surface area contributed by atoms with Crippen LogP contribution in [0.5, 0.6) is 0 Å². The monoisotopic (exact) mass is 295 g/mol. The van der Waals surface area contributed by atoms with Gasteiger partial charge in [0.1, 0.15) is 0 Å². The molecule has 1 aromatic heterocycles. The smallest absolute Gasteiger partial charge is 0.275 e. The summed E-state index contributed by atoms with van der Waals surface area (Å²) in [6.45, 7) is 3.66. The molecule has 0 amide bonds. The van der Waals surface area contributed by atoms with Crippen LogP contribution in [-0.4, -0.2) is 26.5 Å². The Kier molecular flexibility index (Phi) is 4.65. The fourth-order valence-corrected chi connectivity index (χ4v) is 2.02. The zero-order valence-electron chi connectivity index (χ0n) is 10.9. The third kappa shape index (κ3) is 3.31. The van der Waals surface area contributed by atoms with Crippen molar-refractivity contribution in [2.24, 2.45) is 0 Å². The number of nitrogens with one attached hydrogen (secondary N) is 1. The Balaban J connectivity index is 2.21. The molecule has 8 heteroatoms. The number of halogens is 1. The van der Waals surface area contributed by atoms with Gasteiger partial charge >= 0.3 is 0 Å². The molecular formula is C12H14ClN5O2. The first kappa shape index (κ1) is 14.4. The van der Waals surface area contributed by atoms with E-state index in [1.54, 1.807) is 23.0 Å². The zero-order valence-corrected chi connectivity index (χ0v) is 11.7. The minimum atomic E-state index is -0.447. The summed E-state index contributed by atoms with van der Waals surface area (Å²) in [5.74, 6) is 0. The van der Waals surface area contributed by atoms with E-state index in [0.717, 1.165) is 12.2 Å². The lowest BCUT2D eigenvalue weighted by molar-refractivity contribution is -0.385. The molecule has 0 aliphatic rings. The standard InChI is InChI=1S/C12H14ClN5O2/c1-2-14-6-9-7-17(16-15-9)8-10-11(13)4-3-5-12(10)18(19)20/h3-5,7,14H,2,6,8H2,1H3.